The third-order valence-electron chi connectivity index (χ3n) is 3.61. The van der Waals surface area contributed by atoms with Gasteiger partial charge in [0, 0.05) is 22.7 Å². The first-order valence-corrected chi connectivity index (χ1v) is 7.30. The lowest BCUT2D eigenvalue weighted by atomic mass is 10.0. The quantitative estimate of drug-likeness (QED) is 0.765. The van der Waals surface area contributed by atoms with Crippen LogP contribution in [-0.2, 0) is 0 Å². The molecule has 0 atom stereocenters. The summed E-state index contributed by atoms with van der Waals surface area (Å²) in [5.41, 5.74) is 2.01. The zero-order valence-electron chi connectivity index (χ0n) is 10.9. The molecule has 0 aliphatic carbocycles. The average molecular weight is 355 g/mol. The minimum Gasteiger partial charge on any atom is -0.371 e. The molecule has 18 heavy (non-hydrogen) atoms. The summed E-state index contributed by atoms with van der Waals surface area (Å²) >= 11 is 2.33. The van der Waals surface area contributed by atoms with Gasteiger partial charge in [0.25, 0.3) is 0 Å². The molecule has 0 bridgehead atoms. The molecule has 0 radical (unpaired) electrons. The number of nitrogens with zero attached hydrogens (tertiary/aromatic N) is 3. The zero-order valence-corrected chi connectivity index (χ0v) is 13.0. The Morgan fingerprint density at radius 2 is 2.00 bits per heavy atom. The van der Waals surface area contributed by atoms with E-state index in [4.69, 9.17) is 5.26 Å². The number of halogens is 1. The van der Waals surface area contributed by atoms with Crippen LogP contribution in [0.4, 0.5) is 5.69 Å². The van der Waals surface area contributed by atoms with Crippen LogP contribution in [0.2, 0.25) is 0 Å². The second kappa shape index (κ2) is 5.89. The van der Waals surface area contributed by atoms with Crippen LogP contribution in [0.15, 0.2) is 18.2 Å². The fraction of sp³-hybridized carbons (Fsp3) is 0.500. The van der Waals surface area contributed by atoms with Crippen molar-refractivity contribution in [3.8, 4) is 6.07 Å². The van der Waals surface area contributed by atoms with Gasteiger partial charge in [0.05, 0.1) is 17.3 Å². The first-order valence-electron chi connectivity index (χ1n) is 6.23. The molecule has 1 aliphatic heterocycles. The van der Waals surface area contributed by atoms with E-state index in [-0.39, 0.29) is 0 Å². The van der Waals surface area contributed by atoms with Gasteiger partial charge in [-0.15, -0.1) is 0 Å². The van der Waals surface area contributed by atoms with Crippen molar-refractivity contribution in [3.63, 3.8) is 0 Å². The Balaban J connectivity index is 2.08. The lowest BCUT2D eigenvalue weighted by Gasteiger charge is -2.36. The molecule has 1 aliphatic rings. The smallest absolute Gasteiger partial charge is 0.0992 e. The highest BCUT2D eigenvalue weighted by Crippen LogP contribution is 2.27. The van der Waals surface area contributed by atoms with Crippen LogP contribution in [0.3, 0.4) is 0 Å². The van der Waals surface area contributed by atoms with E-state index in [9.17, 15) is 0 Å². The molecule has 0 N–H and O–H groups in total. The molecule has 1 fully saturated rings. The highest BCUT2D eigenvalue weighted by molar-refractivity contribution is 14.1. The minimum atomic E-state index is 0.706. The molecule has 2 rings (SSSR count). The molecule has 0 spiro atoms. The largest absolute Gasteiger partial charge is 0.371 e. The molecule has 96 valence electrons. The zero-order chi connectivity index (χ0) is 13.1. The van der Waals surface area contributed by atoms with Crippen LogP contribution in [0.1, 0.15) is 18.4 Å². The minimum absolute atomic E-state index is 0.706. The first kappa shape index (κ1) is 13.6. The predicted molar refractivity (Wildman–Crippen MR) is 82.8 cm³/mol. The first-order chi connectivity index (χ1) is 8.61. The number of benzene rings is 1. The number of rotatable bonds is 2. The topological polar surface area (TPSA) is 30.3 Å². The molecule has 1 heterocycles. The number of hydrogen-bond donors (Lipinski definition) is 0. The van der Waals surface area contributed by atoms with Gasteiger partial charge >= 0.3 is 0 Å². The number of piperidine rings is 1. The summed E-state index contributed by atoms with van der Waals surface area (Å²) in [6.45, 7) is 2.20. The standard InChI is InChI=1S/C14H18IN3/c1-17(2)12-5-7-18(8-6-12)14-4-3-11(10-16)9-13(14)15/h3-4,9,12H,5-8H2,1-2H3. The molecular weight excluding hydrogens is 337 g/mol. The number of nitriles is 1. The van der Waals surface area contributed by atoms with Gasteiger partial charge < -0.3 is 9.80 Å². The third-order valence-corrected chi connectivity index (χ3v) is 4.48. The molecule has 1 saturated heterocycles. The van der Waals surface area contributed by atoms with E-state index in [0.29, 0.717) is 6.04 Å². The maximum atomic E-state index is 8.89. The van der Waals surface area contributed by atoms with Crippen molar-refractivity contribution in [2.75, 3.05) is 32.1 Å². The van der Waals surface area contributed by atoms with Crippen molar-refractivity contribution in [2.45, 2.75) is 18.9 Å². The van der Waals surface area contributed by atoms with Crippen LogP contribution in [-0.4, -0.2) is 38.1 Å². The fourth-order valence-electron chi connectivity index (χ4n) is 2.46. The van der Waals surface area contributed by atoms with Crippen LogP contribution in [0.5, 0.6) is 0 Å². The average Bonchev–Trinajstić information content (AvgIpc) is 2.38. The van der Waals surface area contributed by atoms with Crippen molar-refractivity contribution in [2.24, 2.45) is 0 Å². The van der Waals surface area contributed by atoms with Gasteiger partial charge in [-0.25, -0.2) is 0 Å². The van der Waals surface area contributed by atoms with Crippen molar-refractivity contribution >= 4 is 28.3 Å². The van der Waals surface area contributed by atoms with Gasteiger partial charge in [-0.05, 0) is 67.7 Å². The number of anilines is 1. The van der Waals surface area contributed by atoms with Crippen molar-refractivity contribution in [1.82, 2.24) is 4.90 Å². The second-order valence-electron chi connectivity index (χ2n) is 4.96. The lowest BCUT2D eigenvalue weighted by molar-refractivity contribution is 0.249. The highest BCUT2D eigenvalue weighted by Gasteiger charge is 2.21. The fourth-order valence-corrected chi connectivity index (χ4v) is 3.31. The molecule has 1 aromatic carbocycles. The normalized spacial score (nSPS) is 16.9. The van der Waals surface area contributed by atoms with Gasteiger partial charge in [-0.2, -0.15) is 5.26 Å². The van der Waals surface area contributed by atoms with Crippen molar-refractivity contribution in [3.05, 3.63) is 27.3 Å². The lowest BCUT2D eigenvalue weighted by Crippen LogP contribution is -2.42. The Kier molecular flexibility index (Phi) is 4.46. The maximum Gasteiger partial charge on any atom is 0.0992 e. The molecule has 0 aromatic heterocycles. The van der Waals surface area contributed by atoms with Crippen LogP contribution in [0, 0.1) is 14.9 Å². The van der Waals surface area contributed by atoms with E-state index in [0.717, 1.165) is 18.7 Å². The van der Waals surface area contributed by atoms with Gasteiger partial charge in [0.15, 0.2) is 0 Å². The maximum absolute atomic E-state index is 8.89. The van der Waals surface area contributed by atoms with Gasteiger partial charge in [0.2, 0.25) is 0 Å². The monoisotopic (exact) mass is 355 g/mol. The van der Waals surface area contributed by atoms with Gasteiger partial charge in [-0.3, -0.25) is 0 Å². The van der Waals surface area contributed by atoms with Crippen LogP contribution in [0.25, 0.3) is 0 Å². The Morgan fingerprint density at radius 3 is 2.50 bits per heavy atom. The molecule has 1 aromatic rings. The van der Waals surface area contributed by atoms with Crippen LogP contribution < -0.4 is 4.90 Å². The summed E-state index contributed by atoms with van der Waals surface area (Å²) in [6, 6.07) is 8.85. The van der Waals surface area contributed by atoms with Crippen molar-refractivity contribution in [1.29, 1.82) is 5.26 Å². The van der Waals surface area contributed by atoms with E-state index in [1.165, 1.54) is 22.1 Å². The molecule has 0 saturated carbocycles. The predicted octanol–water partition coefficient (Wildman–Crippen LogP) is 2.69. The molecule has 3 nitrogen and oxygen atoms in total. The molecule has 0 unspecified atom stereocenters. The summed E-state index contributed by atoms with van der Waals surface area (Å²) in [5, 5.41) is 8.89. The van der Waals surface area contributed by atoms with Gasteiger partial charge in [-0.1, -0.05) is 0 Å². The van der Waals surface area contributed by atoms with E-state index < -0.39 is 0 Å². The van der Waals surface area contributed by atoms with E-state index in [1.807, 2.05) is 12.1 Å². The third kappa shape index (κ3) is 2.96. The number of hydrogen-bond acceptors (Lipinski definition) is 3. The Hall–Kier alpha value is -0.800. The Morgan fingerprint density at radius 1 is 1.33 bits per heavy atom. The Bertz CT molecular complexity index is 457. The summed E-state index contributed by atoms with van der Waals surface area (Å²) < 4.78 is 1.18. The van der Waals surface area contributed by atoms with Gasteiger partial charge in [0.1, 0.15) is 0 Å². The summed E-state index contributed by atoms with van der Waals surface area (Å²) in [7, 11) is 4.32. The summed E-state index contributed by atoms with van der Waals surface area (Å²) in [4.78, 5) is 4.75. The highest BCUT2D eigenvalue weighted by atomic mass is 127. The van der Waals surface area contributed by atoms with E-state index in [1.54, 1.807) is 0 Å². The van der Waals surface area contributed by atoms with Crippen molar-refractivity contribution < 1.29 is 0 Å². The Labute approximate surface area is 123 Å². The van der Waals surface area contributed by atoms with Crippen LogP contribution >= 0.6 is 22.6 Å². The molecular formula is C14H18IN3. The SMILES string of the molecule is CN(C)C1CCN(c2ccc(C#N)cc2I)CC1. The summed E-state index contributed by atoms with van der Waals surface area (Å²) in [5.74, 6) is 0. The van der Waals surface area contributed by atoms with E-state index in [2.05, 4.69) is 58.6 Å². The van der Waals surface area contributed by atoms with E-state index >= 15 is 0 Å². The molecule has 0 amide bonds. The molecule has 4 heteroatoms. The summed E-state index contributed by atoms with van der Waals surface area (Å²) in [6.07, 6.45) is 2.42. The second-order valence-corrected chi connectivity index (χ2v) is 6.12.